The summed E-state index contributed by atoms with van der Waals surface area (Å²) in [4.78, 5) is 0. The van der Waals surface area contributed by atoms with Crippen molar-refractivity contribution in [3.63, 3.8) is 0 Å². The molecule has 92 valence electrons. The molecule has 18 heavy (non-hydrogen) atoms. The third kappa shape index (κ3) is 2.44. The summed E-state index contributed by atoms with van der Waals surface area (Å²) in [6, 6.07) is 14.1. The summed E-state index contributed by atoms with van der Waals surface area (Å²) in [6.45, 7) is 2.30. The van der Waals surface area contributed by atoms with Crippen LogP contribution in [0.4, 0.5) is 0 Å². The highest BCUT2D eigenvalue weighted by atomic mass is 16.5. The van der Waals surface area contributed by atoms with Crippen molar-refractivity contribution >= 4 is 10.8 Å². The SMILES string of the molecule is CC(C#N)Oc1ccc2ccccc2c1CCN. The second-order valence-corrected chi connectivity index (χ2v) is 4.19. The molecule has 0 spiro atoms. The predicted molar refractivity (Wildman–Crippen MR) is 72.4 cm³/mol. The van der Waals surface area contributed by atoms with Crippen LogP contribution < -0.4 is 10.5 Å². The quantitative estimate of drug-likeness (QED) is 0.893. The largest absolute Gasteiger partial charge is 0.476 e. The molecule has 2 aromatic rings. The van der Waals surface area contributed by atoms with E-state index in [-0.39, 0.29) is 0 Å². The molecule has 3 nitrogen and oxygen atoms in total. The highest BCUT2D eigenvalue weighted by Crippen LogP contribution is 2.29. The molecule has 0 aromatic heterocycles. The van der Waals surface area contributed by atoms with E-state index >= 15 is 0 Å². The van der Waals surface area contributed by atoms with E-state index in [1.165, 1.54) is 0 Å². The normalized spacial score (nSPS) is 12.1. The van der Waals surface area contributed by atoms with Crippen molar-refractivity contribution in [2.45, 2.75) is 19.4 Å². The van der Waals surface area contributed by atoms with Crippen molar-refractivity contribution < 1.29 is 4.74 Å². The maximum Gasteiger partial charge on any atom is 0.181 e. The molecule has 2 N–H and O–H groups in total. The fourth-order valence-electron chi connectivity index (χ4n) is 2.05. The third-order valence-corrected chi connectivity index (χ3v) is 2.88. The Bertz CT molecular complexity index is 587. The maximum atomic E-state index is 8.83. The van der Waals surface area contributed by atoms with E-state index < -0.39 is 6.10 Å². The van der Waals surface area contributed by atoms with Crippen LogP contribution in [0.1, 0.15) is 12.5 Å². The van der Waals surface area contributed by atoms with Gasteiger partial charge in [0.1, 0.15) is 11.8 Å². The Hall–Kier alpha value is -2.05. The molecule has 1 atom stereocenters. The number of ether oxygens (including phenoxy) is 1. The molecular weight excluding hydrogens is 224 g/mol. The van der Waals surface area contributed by atoms with E-state index in [1.807, 2.05) is 24.3 Å². The van der Waals surface area contributed by atoms with Crippen molar-refractivity contribution in [2.75, 3.05) is 6.54 Å². The predicted octanol–water partition coefficient (Wildman–Crippen LogP) is 2.63. The summed E-state index contributed by atoms with van der Waals surface area (Å²) in [5, 5.41) is 11.1. The minimum absolute atomic E-state index is 0.456. The lowest BCUT2D eigenvalue weighted by molar-refractivity contribution is 0.274. The highest BCUT2D eigenvalue weighted by molar-refractivity contribution is 5.87. The number of hydrogen-bond acceptors (Lipinski definition) is 3. The van der Waals surface area contributed by atoms with Crippen LogP contribution in [0, 0.1) is 11.3 Å². The van der Waals surface area contributed by atoms with Gasteiger partial charge >= 0.3 is 0 Å². The first-order valence-electron chi connectivity index (χ1n) is 6.03. The van der Waals surface area contributed by atoms with Gasteiger partial charge in [0.2, 0.25) is 0 Å². The minimum atomic E-state index is -0.456. The molecule has 3 heteroatoms. The zero-order chi connectivity index (χ0) is 13.0. The van der Waals surface area contributed by atoms with E-state index in [0.29, 0.717) is 6.54 Å². The molecule has 0 radical (unpaired) electrons. The van der Waals surface area contributed by atoms with Crippen molar-refractivity contribution in [1.29, 1.82) is 5.26 Å². The first-order chi connectivity index (χ1) is 8.76. The van der Waals surface area contributed by atoms with Crippen LogP contribution in [0.3, 0.4) is 0 Å². The van der Waals surface area contributed by atoms with E-state index in [9.17, 15) is 0 Å². The van der Waals surface area contributed by atoms with Crippen molar-refractivity contribution in [1.82, 2.24) is 0 Å². The molecule has 0 amide bonds. The van der Waals surface area contributed by atoms with Gasteiger partial charge in [-0.15, -0.1) is 0 Å². The van der Waals surface area contributed by atoms with Crippen LogP contribution in [0.2, 0.25) is 0 Å². The Labute approximate surface area is 107 Å². The topological polar surface area (TPSA) is 59.0 Å². The summed E-state index contributed by atoms with van der Waals surface area (Å²) in [5.74, 6) is 0.758. The summed E-state index contributed by atoms with van der Waals surface area (Å²) >= 11 is 0. The second kappa shape index (κ2) is 5.52. The molecule has 1 unspecified atom stereocenters. The van der Waals surface area contributed by atoms with Gasteiger partial charge in [0.15, 0.2) is 6.10 Å². The van der Waals surface area contributed by atoms with Gasteiger partial charge in [0.05, 0.1) is 0 Å². The van der Waals surface area contributed by atoms with Gasteiger partial charge in [-0.3, -0.25) is 0 Å². The van der Waals surface area contributed by atoms with E-state index in [4.69, 9.17) is 15.7 Å². The average Bonchev–Trinajstić information content (AvgIpc) is 2.41. The lowest BCUT2D eigenvalue weighted by atomic mass is 10.0. The first-order valence-corrected chi connectivity index (χ1v) is 6.03. The Morgan fingerprint density at radius 2 is 2.06 bits per heavy atom. The monoisotopic (exact) mass is 240 g/mol. The second-order valence-electron chi connectivity index (χ2n) is 4.19. The summed E-state index contributed by atoms with van der Waals surface area (Å²) < 4.78 is 5.64. The van der Waals surface area contributed by atoms with E-state index in [2.05, 4.69) is 18.2 Å². The van der Waals surface area contributed by atoms with Crippen LogP contribution in [-0.4, -0.2) is 12.6 Å². The maximum absolute atomic E-state index is 8.83. The summed E-state index contributed by atoms with van der Waals surface area (Å²) in [6.07, 6.45) is 0.289. The van der Waals surface area contributed by atoms with E-state index in [1.54, 1.807) is 6.92 Å². The Balaban J connectivity index is 2.52. The molecule has 0 aliphatic carbocycles. The van der Waals surface area contributed by atoms with Gasteiger partial charge in [-0.2, -0.15) is 5.26 Å². The van der Waals surface area contributed by atoms with Crippen LogP contribution in [-0.2, 0) is 6.42 Å². The fraction of sp³-hybridized carbons (Fsp3) is 0.267. The van der Waals surface area contributed by atoms with Gasteiger partial charge in [-0.25, -0.2) is 0 Å². The highest BCUT2D eigenvalue weighted by Gasteiger charge is 2.10. The number of nitriles is 1. The summed E-state index contributed by atoms with van der Waals surface area (Å²) in [5.41, 5.74) is 6.74. The number of nitrogens with zero attached hydrogens (tertiary/aromatic N) is 1. The van der Waals surface area contributed by atoms with Gasteiger partial charge in [0, 0.05) is 5.56 Å². The Morgan fingerprint density at radius 1 is 1.28 bits per heavy atom. The molecule has 0 fully saturated rings. The van der Waals surface area contributed by atoms with E-state index in [0.717, 1.165) is 28.5 Å². The molecule has 2 aromatic carbocycles. The van der Waals surface area contributed by atoms with Gasteiger partial charge in [0.25, 0.3) is 0 Å². The number of rotatable bonds is 4. The third-order valence-electron chi connectivity index (χ3n) is 2.88. The van der Waals surface area contributed by atoms with Crippen molar-refractivity contribution in [2.24, 2.45) is 5.73 Å². The molecule has 0 saturated carbocycles. The van der Waals surface area contributed by atoms with Gasteiger partial charge in [-0.1, -0.05) is 30.3 Å². The number of benzene rings is 2. The Morgan fingerprint density at radius 3 is 2.78 bits per heavy atom. The van der Waals surface area contributed by atoms with Crippen molar-refractivity contribution in [3.05, 3.63) is 42.0 Å². The number of nitrogens with two attached hydrogens (primary N) is 1. The summed E-state index contributed by atoms with van der Waals surface area (Å²) in [7, 11) is 0. The standard InChI is InChI=1S/C15H16N2O/c1-11(10-17)18-15-7-6-12-4-2-3-5-13(12)14(15)8-9-16/h2-7,11H,8-9,16H2,1H3. The average molecular weight is 240 g/mol. The molecule has 0 saturated heterocycles. The number of fused-ring (bicyclic) bond motifs is 1. The van der Waals surface area contributed by atoms with Gasteiger partial charge in [-0.05, 0) is 36.7 Å². The molecular formula is C15H16N2O. The van der Waals surface area contributed by atoms with Crippen LogP contribution in [0.15, 0.2) is 36.4 Å². The zero-order valence-corrected chi connectivity index (χ0v) is 10.4. The Kier molecular flexibility index (Phi) is 3.81. The lowest BCUT2D eigenvalue weighted by Crippen LogP contribution is -2.12. The van der Waals surface area contributed by atoms with Crippen molar-refractivity contribution in [3.8, 4) is 11.8 Å². The number of hydrogen-bond donors (Lipinski definition) is 1. The molecule has 2 rings (SSSR count). The molecule has 0 aliphatic heterocycles. The zero-order valence-electron chi connectivity index (χ0n) is 10.4. The molecule has 0 aliphatic rings. The van der Waals surface area contributed by atoms with Crippen LogP contribution >= 0.6 is 0 Å². The molecule has 0 heterocycles. The van der Waals surface area contributed by atoms with Crippen LogP contribution in [0.5, 0.6) is 5.75 Å². The lowest BCUT2D eigenvalue weighted by Gasteiger charge is -2.14. The smallest absolute Gasteiger partial charge is 0.181 e. The van der Waals surface area contributed by atoms with Gasteiger partial charge < -0.3 is 10.5 Å². The fourth-order valence-corrected chi connectivity index (χ4v) is 2.05. The molecule has 0 bridgehead atoms. The minimum Gasteiger partial charge on any atom is -0.476 e. The van der Waals surface area contributed by atoms with Crippen LogP contribution in [0.25, 0.3) is 10.8 Å². The first kappa shape index (κ1) is 12.4.